The van der Waals surface area contributed by atoms with Crippen LogP contribution in [0.3, 0.4) is 0 Å². The minimum absolute atomic E-state index is 0.0463. The molecule has 2 aromatic rings. The molecule has 2 fully saturated rings. The molecule has 9 heteroatoms. The predicted molar refractivity (Wildman–Crippen MR) is 102 cm³/mol. The van der Waals surface area contributed by atoms with E-state index < -0.39 is 18.0 Å². The number of nitrogens with zero attached hydrogens (tertiary/aromatic N) is 3. The summed E-state index contributed by atoms with van der Waals surface area (Å²) >= 11 is 0. The van der Waals surface area contributed by atoms with Crippen LogP contribution >= 0.6 is 0 Å². The monoisotopic (exact) mass is 424 g/mol. The first-order valence-electron chi connectivity index (χ1n) is 10.2. The van der Waals surface area contributed by atoms with E-state index in [4.69, 9.17) is 0 Å². The molecule has 162 valence electrons. The molecule has 0 unspecified atom stereocenters. The number of aromatic nitrogens is 3. The summed E-state index contributed by atoms with van der Waals surface area (Å²) in [7, 11) is 0. The van der Waals surface area contributed by atoms with Crippen LogP contribution in [0.1, 0.15) is 38.9 Å². The number of rotatable bonds is 4. The normalized spacial score (nSPS) is 24.5. The lowest BCUT2D eigenvalue weighted by Gasteiger charge is -2.41. The van der Waals surface area contributed by atoms with E-state index in [0.717, 1.165) is 25.6 Å². The smallest absolute Gasteiger partial charge is 0.342 e. The Balaban J connectivity index is 1.48. The lowest BCUT2D eigenvalue weighted by atomic mass is 9.74. The van der Waals surface area contributed by atoms with Crippen LogP contribution in [0.15, 0.2) is 24.3 Å². The molecular weight excluding hydrogens is 400 g/mol. The molecule has 3 atom stereocenters. The van der Waals surface area contributed by atoms with Gasteiger partial charge in [0, 0.05) is 24.1 Å². The van der Waals surface area contributed by atoms with E-state index >= 15 is 0 Å². The Hall–Kier alpha value is -2.45. The van der Waals surface area contributed by atoms with Crippen molar-refractivity contribution in [2.45, 2.75) is 44.7 Å². The predicted octanol–water partition coefficient (Wildman–Crippen LogP) is 4.33. The number of piperidine rings is 1. The average Bonchev–Trinajstić information content (AvgIpc) is 3.35. The first-order valence-corrected chi connectivity index (χ1v) is 10.2. The number of H-pyrrole nitrogens is 1. The molecule has 5 nitrogen and oxygen atoms in total. The standard InChI is InChI=1S/C21H24F4N4O/c1-12-11-29(18(30)13(2)21(23,24)25)10-7-16(12)20(8-9-20)19-26-17(27-28-19)14-3-5-15(22)6-4-14/h3-6,12-13,16H,7-11H2,1-2H3,(H,26,27,28)/t12-,13+,16+/m1/s1. The highest BCUT2D eigenvalue weighted by molar-refractivity contribution is 5.79. The third-order valence-electron chi connectivity index (χ3n) is 6.64. The second kappa shape index (κ2) is 7.35. The van der Waals surface area contributed by atoms with Gasteiger partial charge >= 0.3 is 6.18 Å². The quantitative estimate of drug-likeness (QED) is 0.744. The van der Waals surface area contributed by atoms with E-state index in [9.17, 15) is 22.4 Å². The highest BCUT2D eigenvalue weighted by Gasteiger charge is 2.56. The van der Waals surface area contributed by atoms with E-state index in [0.29, 0.717) is 30.9 Å². The van der Waals surface area contributed by atoms with Crippen LogP contribution in [0.5, 0.6) is 0 Å². The van der Waals surface area contributed by atoms with E-state index in [1.807, 2.05) is 6.92 Å². The van der Waals surface area contributed by atoms with Crippen molar-refractivity contribution in [2.24, 2.45) is 17.8 Å². The van der Waals surface area contributed by atoms with Gasteiger partial charge in [-0.15, -0.1) is 0 Å². The zero-order valence-electron chi connectivity index (χ0n) is 16.8. The molecule has 1 N–H and O–H groups in total. The summed E-state index contributed by atoms with van der Waals surface area (Å²) in [6.45, 7) is 3.53. The van der Waals surface area contributed by atoms with E-state index in [1.54, 1.807) is 12.1 Å². The van der Waals surface area contributed by atoms with Crippen LogP contribution in [-0.4, -0.2) is 45.3 Å². The van der Waals surface area contributed by atoms with Crippen LogP contribution < -0.4 is 0 Å². The minimum atomic E-state index is -4.52. The number of carbonyl (C=O) groups is 1. The molecule has 1 aliphatic heterocycles. The maximum Gasteiger partial charge on any atom is 0.400 e. The number of carbonyl (C=O) groups excluding carboxylic acids is 1. The number of alkyl halides is 3. The third kappa shape index (κ3) is 3.70. The minimum Gasteiger partial charge on any atom is -0.342 e. The van der Waals surface area contributed by atoms with Crippen LogP contribution in [0.25, 0.3) is 11.4 Å². The Morgan fingerprint density at radius 1 is 1.27 bits per heavy atom. The van der Waals surface area contributed by atoms with E-state index in [1.165, 1.54) is 17.0 Å². The van der Waals surface area contributed by atoms with Crippen LogP contribution in [-0.2, 0) is 10.2 Å². The Morgan fingerprint density at radius 3 is 2.50 bits per heavy atom. The first-order chi connectivity index (χ1) is 14.1. The lowest BCUT2D eigenvalue weighted by Crippen LogP contribution is -2.49. The second-order valence-corrected chi connectivity index (χ2v) is 8.59. The number of aromatic amines is 1. The largest absolute Gasteiger partial charge is 0.400 e. The molecule has 1 aromatic carbocycles. The Kier molecular flexibility index (Phi) is 5.10. The molecule has 0 bridgehead atoms. The van der Waals surface area contributed by atoms with Crippen molar-refractivity contribution < 1.29 is 22.4 Å². The maximum atomic E-state index is 13.2. The molecule has 30 heavy (non-hydrogen) atoms. The summed E-state index contributed by atoms with van der Waals surface area (Å²) in [6, 6.07) is 5.96. The van der Waals surface area contributed by atoms with Crippen molar-refractivity contribution in [2.75, 3.05) is 13.1 Å². The molecule has 1 aliphatic carbocycles. The van der Waals surface area contributed by atoms with Crippen LogP contribution in [0.2, 0.25) is 0 Å². The fourth-order valence-electron chi connectivity index (χ4n) is 4.71. The molecule has 2 heterocycles. The van der Waals surface area contributed by atoms with Crippen LogP contribution in [0.4, 0.5) is 17.6 Å². The summed E-state index contributed by atoms with van der Waals surface area (Å²) in [5, 5.41) is 7.32. The molecule has 1 saturated heterocycles. The zero-order chi connectivity index (χ0) is 21.7. The molecule has 1 amide bonds. The molecular formula is C21H24F4N4O. The number of benzene rings is 1. The number of nitrogens with one attached hydrogen (secondary N) is 1. The maximum absolute atomic E-state index is 13.2. The molecule has 2 aliphatic rings. The van der Waals surface area contributed by atoms with Gasteiger partial charge in [-0.25, -0.2) is 9.37 Å². The van der Waals surface area contributed by atoms with E-state index in [2.05, 4.69) is 15.2 Å². The topological polar surface area (TPSA) is 61.9 Å². The summed E-state index contributed by atoms with van der Waals surface area (Å²) in [5.74, 6) is -1.65. The molecule has 4 rings (SSSR count). The fourth-order valence-corrected chi connectivity index (χ4v) is 4.71. The van der Waals surface area contributed by atoms with Gasteiger partial charge < -0.3 is 4.90 Å². The molecule has 0 radical (unpaired) electrons. The summed E-state index contributed by atoms with van der Waals surface area (Å²) in [6.07, 6.45) is -2.05. The van der Waals surface area contributed by atoms with Crippen molar-refractivity contribution in [3.63, 3.8) is 0 Å². The fraction of sp³-hybridized carbons (Fsp3) is 0.571. The first kappa shape index (κ1) is 20.8. The summed E-state index contributed by atoms with van der Waals surface area (Å²) in [5.41, 5.74) is 0.527. The van der Waals surface area contributed by atoms with Crippen molar-refractivity contribution in [3.8, 4) is 11.4 Å². The summed E-state index contributed by atoms with van der Waals surface area (Å²) < 4.78 is 51.9. The highest BCUT2D eigenvalue weighted by Crippen LogP contribution is 2.57. The Labute approximate surface area is 171 Å². The Bertz CT molecular complexity index is 920. The number of halogens is 4. The van der Waals surface area contributed by atoms with Gasteiger partial charge in [-0.2, -0.15) is 18.3 Å². The third-order valence-corrected chi connectivity index (χ3v) is 6.64. The second-order valence-electron chi connectivity index (χ2n) is 8.59. The molecule has 1 saturated carbocycles. The van der Waals surface area contributed by atoms with Crippen molar-refractivity contribution >= 4 is 5.91 Å². The SMILES string of the molecule is C[C@@H]1CN(C(=O)[C@H](C)C(F)(F)F)CC[C@@H]1C1(c2nc(-c3ccc(F)cc3)n[nH]2)CC1. The van der Waals surface area contributed by atoms with Gasteiger partial charge in [0.1, 0.15) is 17.6 Å². The zero-order valence-corrected chi connectivity index (χ0v) is 16.8. The summed E-state index contributed by atoms with van der Waals surface area (Å²) in [4.78, 5) is 18.3. The van der Waals surface area contributed by atoms with Crippen molar-refractivity contribution in [1.29, 1.82) is 0 Å². The van der Waals surface area contributed by atoms with Gasteiger partial charge in [-0.3, -0.25) is 9.89 Å². The van der Waals surface area contributed by atoms with Gasteiger partial charge in [0.05, 0.1) is 0 Å². The van der Waals surface area contributed by atoms with Crippen molar-refractivity contribution in [3.05, 3.63) is 35.9 Å². The van der Waals surface area contributed by atoms with Crippen molar-refractivity contribution in [1.82, 2.24) is 20.1 Å². The molecule has 1 aromatic heterocycles. The van der Waals surface area contributed by atoms with Gasteiger partial charge in [-0.1, -0.05) is 6.92 Å². The lowest BCUT2D eigenvalue weighted by molar-refractivity contribution is -0.187. The number of hydrogen-bond acceptors (Lipinski definition) is 3. The highest BCUT2D eigenvalue weighted by atomic mass is 19.4. The van der Waals surface area contributed by atoms with Gasteiger partial charge in [0.2, 0.25) is 5.91 Å². The van der Waals surface area contributed by atoms with Gasteiger partial charge in [-0.05, 0) is 62.3 Å². The number of amides is 1. The molecule has 0 spiro atoms. The van der Waals surface area contributed by atoms with Gasteiger partial charge in [0.25, 0.3) is 0 Å². The van der Waals surface area contributed by atoms with Gasteiger partial charge in [0.15, 0.2) is 5.82 Å². The number of hydrogen-bond donors (Lipinski definition) is 1. The average molecular weight is 424 g/mol. The van der Waals surface area contributed by atoms with E-state index in [-0.39, 0.29) is 23.1 Å². The van der Waals surface area contributed by atoms with Crippen LogP contribution in [0, 0.1) is 23.6 Å². The number of likely N-dealkylation sites (tertiary alicyclic amines) is 1. The Morgan fingerprint density at radius 2 is 1.93 bits per heavy atom.